The van der Waals surface area contributed by atoms with E-state index in [0.29, 0.717) is 16.9 Å². The summed E-state index contributed by atoms with van der Waals surface area (Å²) in [7, 11) is 0. The quantitative estimate of drug-likeness (QED) is 0.321. The largest absolute Gasteiger partial charge is 0.416 e. The molecule has 4 aromatic rings. The van der Waals surface area contributed by atoms with E-state index in [1.54, 1.807) is 6.07 Å². The van der Waals surface area contributed by atoms with Gasteiger partial charge in [0.25, 0.3) is 0 Å². The van der Waals surface area contributed by atoms with Gasteiger partial charge in [0.1, 0.15) is 0 Å². The van der Waals surface area contributed by atoms with E-state index in [4.69, 9.17) is 0 Å². The monoisotopic (exact) mass is 490 g/mol. The lowest BCUT2D eigenvalue weighted by Gasteiger charge is -2.39. The molecule has 5 rings (SSSR count). The van der Waals surface area contributed by atoms with Crippen molar-refractivity contribution < 1.29 is 13.2 Å². The van der Waals surface area contributed by atoms with Crippen molar-refractivity contribution in [3.8, 4) is 0 Å². The topological polar surface area (TPSA) is 31.4 Å². The second-order valence-corrected chi connectivity index (χ2v) is 9.37. The summed E-state index contributed by atoms with van der Waals surface area (Å²) in [5.74, 6) is 0. The molecule has 0 saturated carbocycles. The van der Waals surface area contributed by atoms with E-state index in [9.17, 15) is 13.2 Å². The van der Waals surface area contributed by atoms with Gasteiger partial charge in [0.2, 0.25) is 0 Å². The van der Waals surface area contributed by atoms with Gasteiger partial charge in [0.15, 0.2) is 0 Å². The number of piperazine rings is 1. The third-order valence-corrected chi connectivity index (χ3v) is 7.00. The van der Waals surface area contributed by atoms with E-state index in [1.807, 2.05) is 12.1 Å². The zero-order valence-corrected chi connectivity index (χ0v) is 20.4. The number of benzene rings is 3. The fourth-order valence-corrected chi connectivity index (χ4v) is 4.77. The molecule has 0 radical (unpaired) electrons. The number of alkyl halides is 3. The number of anilines is 3. The zero-order chi connectivity index (χ0) is 25.3. The summed E-state index contributed by atoms with van der Waals surface area (Å²) < 4.78 is 39.2. The lowest BCUT2D eigenvalue weighted by Crippen LogP contribution is -2.47. The molecule has 1 aliphatic heterocycles. The normalized spacial score (nSPS) is 15.8. The van der Waals surface area contributed by atoms with E-state index in [0.717, 1.165) is 49.7 Å². The molecular weight excluding hydrogens is 461 g/mol. The van der Waals surface area contributed by atoms with Crippen molar-refractivity contribution in [2.24, 2.45) is 0 Å². The molecule has 7 heteroatoms. The van der Waals surface area contributed by atoms with Crippen LogP contribution in [0.3, 0.4) is 0 Å². The standard InChI is InChI=1S/C29H29F3N4/c1-20-3-10-25(11-4-20)36-17-15-35(16-18-36)21(2)22-5-8-24(9-6-22)34-27-13-14-33-28-19-23(29(30,31)32)7-12-26(27)28/h3-14,19,21H,15-18H2,1-2H3,(H,33,34). The first kappa shape index (κ1) is 24.1. The maximum absolute atomic E-state index is 13.1. The summed E-state index contributed by atoms with van der Waals surface area (Å²) in [5.41, 5.74) is 5.00. The van der Waals surface area contributed by atoms with Crippen molar-refractivity contribution >= 4 is 28.0 Å². The van der Waals surface area contributed by atoms with Crippen molar-refractivity contribution in [2.75, 3.05) is 36.4 Å². The predicted molar refractivity (Wildman–Crippen MR) is 140 cm³/mol. The average molecular weight is 491 g/mol. The van der Waals surface area contributed by atoms with Gasteiger partial charge in [-0.3, -0.25) is 9.88 Å². The Labute approximate surface area is 209 Å². The van der Waals surface area contributed by atoms with Crippen LogP contribution in [0.15, 0.2) is 79.0 Å². The Balaban J connectivity index is 1.24. The molecule has 3 aromatic carbocycles. The number of nitrogens with one attached hydrogen (secondary N) is 1. The average Bonchev–Trinajstić information content (AvgIpc) is 2.89. The summed E-state index contributed by atoms with van der Waals surface area (Å²) in [6.07, 6.45) is -2.86. The lowest BCUT2D eigenvalue weighted by molar-refractivity contribution is -0.137. The van der Waals surface area contributed by atoms with Crippen LogP contribution in [-0.4, -0.2) is 36.1 Å². The highest BCUT2D eigenvalue weighted by molar-refractivity contribution is 5.93. The number of halogens is 3. The summed E-state index contributed by atoms with van der Waals surface area (Å²) in [4.78, 5) is 9.06. The van der Waals surface area contributed by atoms with Crippen molar-refractivity contribution in [3.05, 3.63) is 95.7 Å². The molecule has 186 valence electrons. The Morgan fingerprint density at radius 2 is 1.56 bits per heavy atom. The first-order valence-electron chi connectivity index (χ1n) is 12.2. The van der Waals surface area contributed by atoms with E-state index in [1.165, 1.54) is 29.1 Å². The molecule has 2 heterocycles. The SMILES string of the molecule is Cc1ccc(N2CCN(C(C)c3ccc(Nc4ccnc5cc(C(F)(F)F)ccc45)cc3)CC2)cc1. The van der Waals surface area contributed by atoms with Gasteiger partial charge in [-0.05, 0) is 61.9 Å². The molecule has 1 aromatic heterocycles. The van der Waals surface area contributed by atoms with E-state index in [-0.39, 0.29) is 0 Å². The number of aromatic nitrogens is 1. The minimum atomic E-state index is -4.39. The molecule has 1 unspecified atom stereocenters. The third-order valence-electron chi connectivity index (χ3n) is 7.00. The van der Waals surface area contributed by atoms with Crippen molar-refractivity contribution in [2.45, 2.75) is 26.1 Å². The van der Waals surface area contributed by atoms with Gasteiger partial charge in [0.05, 0.1) is 11.1 Å². The van der Waals surface area contributed by atoms with Crippen LogP contribution in [0.2, 0.25) is 0 Å². The summed E-state index contributed by atoms with van der Waals surface area (Å²) in [5, 5.41) is 3.98. The summed E-state index contributed by atoms with van der Waals surface area (Å²) >= 11 is 0. The molecule has 0 spiro atoms. The summed E-state index contributed by atoms with van der Waals surface area (Å²) in [6.45, 7) is 8.33. The van der Waals surface area contributed by atoms with Gasteiger partial charge in [0, 0.05) is 60.9 Å². The smallest absolute Gasteiger partial charge is 0.369 e. The van der Waals surface area contributed by atoms with Crippen LogP contribution in [0.5, 0.6) is 0 Å². The maximum atomic E-state index is 13.1. The van der Waals surface area contributed by atoms with Crippen molar-refractivity contribution in [1.82, 2.24) is 9.88 Å². The van der Waals surface area contributed by atoms with Gasteiger partial charge in [-0.1, -0.05) is 35.9 Å². The molecular formula is C29H29F3N4. The van der Waals surface area contributed by atoms with Crippen LogP contribution in [0, 0.1) is 6.92 Å². The highest BCUT2D eigenvalue weighted by atomic mass is 19.4. The second kappa shape index (κ2) is 9.82. The number of hydrogen-bond donors (Lipinski definition) is 1. The van der Waals surface area contributed by atoms with Gasteiger partial charge in [-0.2, -0.15) is 13.2 Å². The minimum Gasteiger partial charge on any atom is -0.369 e. The third kappa shape index (κ3) is 5.16. The molecule has 0 amide bonds. The number of nitrogens with zero attached hydrogens (tertiary/aromatic N) is 3. The zero-order valence-electron chi connectivity index (χ0n) is 20.4. The molecule has 1 fully saturated rings. The van der Waals surface area contributed by atoms with E-state index < -0.39 is 11.7 Å². The number of rotatable bonds is 5. The maximum Gasteiger partial charge on any atom is 0.416 e. The van der Waals surface area contributed by atoms with Crippen LogP contribution >= 0.6 is 0 Å². The van der Waals surface area contributed by atoms with Crippen molar-refractivity contribution in [3.63, 3.8) is 0 Å². The fourth-order valence-electron chi connectivity index (χ4n) is 4.77. The van der Waals surface area contributed by atoms with Crippen LogP contribution < -0.4 is 10.2 Å². The molecule has 0 bridgehead atoms. The Morgan fingerprint density at radius 1 is 0.861 bits per heavy atom. The van der Waals surface area contributed by atoms with E-state index >= 15 is 0 Å². The Kier molecular flexibility index (Phi) is 6.58. The minimum absolute atomic E-state index is 0.293. The van der Waals surface area contributed by atoms with Crippen LogP contribution in [0.4, 0.5) is 30.2 Å². The Hall–Kier alpha value is -3.58. The number of hydrogen-bond acceptors (Lipinski definition) is 4. The molecule has 0 aliphatic carbocycles. The first-order chi connectivity index (χ1) is 17.3. The fraction of sp³-hybridized carbons (Fsp3) is 0.276. The van der Waals surface area contributed by atoms with Gasteiger partial charge >= 0.3 is 6.18 Å². The molecule has 1 atom stereocenters. The Bertz CT molecular complexity index is 1330. The van der Waals surface area contributed by atoms with Crippen molar-refractivity contribution in [1.29, 1.82) is 0 Å². The highest BCUT2D eigenvalue weighted by Crippen LogP contribution is 2.33. The molecule has 36 heavy (non-hydrogen) atoms. The van der Waals surface area contributed by atoms with Gasteiger partial charge in [-0.25, -0.2) is 0 Å². The molecule has 1 saturated heterocycles. The van der Waals surface area contributed by atoms with Gasteiger partial charge < -0.3 is 10.2 Å². The Morgan fingerprint density at radius 3 is 2.22 bits per heavy atom. The van der Waals surface area contributed by atoms with Crippen LogP contribution in [0.1, 0.15) is 29.7 Å². The first-order valence-corrected chi connectivity index (χ1v) is 12.2. The second-order valence-electron chi connectivity index (χ2n) is 9.37. The van der Waals surface area contributed by atoms with Crippen LogP contribution in [-0.2, 0) is 6.18 Å². The van der Waals surface area contributed by atoms with Crippen LogP contribution in [0.25, 0.3) is 10.9 Å². The molecule has 1 N–H and O–H groups in total. The number of fused-ring (bicyclic) bond motifs is 1. The lowest BCUT2D eigenvalue weighted by atomic mass is 10.0. The highest BCUT2D eigenvalue weighted by Gasteiger charge is 2.30. The van der Waals surface area contributed by atoms with E-state index in [2.05, 4.69) is 70.3 Å². The molecule has 4 nitrogen and oxygen atoms in total. The number of pyridine rings is 1. The van der Waals surface area contributed by atoms with Gasteiger partial charge in [-0.15, -0.1) is 0 Å². The predicted octanol–water partition coefficient (Wildman–Crippen LogP) is 7.19. The molecule has 1 aliphatic rings. The number of aryl methyl sites for hydroxylation is 1. The summed E-state index contributed by atoms with van der Waals surface area (Å²) in [6, 6.07) is 22.7.